The number of allylic oxidation sites excluding steroid dienone is 1. The molecule has 0 unspecified atom stereocenters. The summed E-state index contributed by atoms with van der Waals surface area (Å²) >= 11 is 5.99. The van der Waals surface area contributed by atoms with Crippen molar-refractivity contribution in [3.63, 3.8) is 0 Å². The van der Waals surface area contributed by atoms with E-state index in [-0.39, 0.29) is 21.1 Å². The molecule has 28 heavy (non-hydrogen) atoms. The van der Waals surface area contributed by atoms with Crippen LogP contribution in [0.1, 0.15) is 12.5 Å². The van der Waals surface area contributed by atoms with Crippen molar-refractivity contribution in [1.82, 2.24) is 4.90 Å². The largest absolute Gasteiger partial charge is 0.480 e. The highest BCUT2D eigenvalue weighted by Crippen LogP contribution is 2.24. The minimum Gasteiger partial charge on any atom is -0.480 e. The fourth-order valence-electron chi connectivity index (χ4n) is 2.52. The molecule has 146 valence electrons. The number of nitrogens with zero attached hydrogens (tertiary/aromatic N) is 2. The van der Waals surface area contributed by atoms with Crippen LogP contribution in [0.15, 0.2) is 45.4 Å². The molecule has 1 aliphatic rings. The molecule has 0 bridgehead atoms. The van der Waals surface area contributed by atoms with E-state index in [2.05, 4.69) is 31.9 Å². The third-order valence-electron chi connectivity index (χ3n) is 3.93. The van der Waals surface area contributed by atoms with Crippen molar-refractivity contribution in [3.8, 4) is 0 Å². The lowest BCUT2D eigenvalue weighted by atomic mass is 10.0. The van der Waals surface area contributed by atoms with Crippen LogP contribution in [0.25, 0.3) is 0 Å². The van der Waals surface area contributed by atoms with Gasteiger partial charge in [0.15, 0.2) is 0 Å². The number of hydrogen-bond donors (Lipinski definition) is 1. The molecular weight excluding hydrogens is 500 g/mol. The van der Waals surface area contributed by atoms with E-state index in [4.69, 9.17) is 0 Å². The number of aliphatic carboxylic acids is 1. The Bertz CT molecular complexity index is 907. The molecule has 4 amide bonds. The van der Waals surface area contributed by atoms with Crippen LogP contribution in [-0.4, -0.2) is 46.1 Å². The minimum absolute atomic E-state index is 0.00575. The van der Waals surface area contributed by atoms with E-state index in [1.165, 1.54) is 30.3 Å². The monoisotopic (exact) mass is 512 g/mol. The van der Waals surface area contributed by atoms with Gasteiger partial charge in [-0.1, -0.05) is 18.2 Å². The van der Waals surface area contributed by atoms with E-state index in [0.29, 0.717) is 16.9 Å². The first-order valence-corrected chi connectivity index (χ1v) is 9.47. The van der Waals surface area contributed by atoms with Gasteiger partial charge in [0, 0.05) is 12.5 Å². The topological polar surface area (TPSA) is 112 Å². The molecule has 1 aromatic carbocycles. The molecule has 0 radical (unpaired) electrons. The highest BCUT2D eigenvalue weighted by molar-refractivity contribution is 9.12. The predicted molar refractivity (Wildman–Crippen MR) is 107 cm³/mol. The van der Waals surface area contributed by atoms with Crippen molar-refractivity contribution in [2.24, 2.45) is 0 Å². The van der Waals surface area contributed by atoms with Crippen LogP contribution in [0.5, 0.6) is 0 Å². The molecular formula is C18H14Br2N2O6. The fraction of sp³-hybridized carbons (Fsp3) is 0.167. The summed E-state index contributed by atoms with van der Waals surface area (Å²) in [6.07, 6.45) is 2.76. The Hall–Kier alpha value is -2.59. The number of anilines is 1. The van der Waals surface area contributed by atoms with Crippen LogP contribution in [0, 0.1) is 0 Å². The van der Waals surface area contributed by atoms with Crippen molar-refractivity contribution in [3.05, 3.63) is 50.9 Å². The summed E-state index contributed by atoms with van der Waals surface area (Å²) in [5.41, 5.74) is 0.787. The zero-order valence-electron chi connectivity index (χ0n) is 14.5. The average Bonchev–Trinajstić information content (AvgIpc) is 2.92. The second-order valence-electron chi connectivity index (χ2n) is 5.65. The van der Waals surface area contributed by atoms with Gasteiger partial charge in [0.25, 0.3) is 17.7 Å². The van der Waals surface area contributed by atoms with E-state index in [1.807, 2.05) is 0 Å². The summed E-state index contributed by atoms with van der Waals surface area (Å²) in [5, 5.41) is 9.46. The molecule has 0 aromatic heterocycles. The maximum Gasteiger partial charge on any atom is 0.327 e. The van der Waals surface area contributed by atoms with Crippen molar-refractivity contribution < 1.29 is 29.1 Å². The molecule has 0 aliphatic carbocycles. The Morgan fingerprint density at radius 1 is 1.25 bits per heavy atom. The number of carbonyl (C=O) groups excluding carboxylic acids is 4. The molecule has 8 nitrogen and oxygen atoms in total. The first-order valence-electron chi connectivity index (χ1n) is 7.88. The van der Waals surface area contributed by atoms with Gasteiger partial charge >= 0.3 is 5.97 Å². The SMILES string of the molecule is C/C=C(/Br)C(=O)N(C=O)c1ccc(C[C@@H](C(=O)O)N2C(=O)C=C(Br)C2=O)cc1. The Morgan fingerprint density at radius 2 is 1.86 bits per heavy atom. The smallest absolute Gasteiger partial charge is 0.327 e. The zero-order chi connectivity index (χ0) is 21.0. The molecule has 1 atom stereocenters. The predicted octanol–water partition coefficient (Wildman–Crippen LogP) is 2.12. The van der Waals surface area contributed by atoms with Crippen molar-refractivity contribution >= 4 is 67.6 Å². The van der Waals surface area contributed by atoms with Crippen LogP contribution in [0.2, 0.25) is 0 Å². The van der Waals surface area contributed by atoms with Gasteiger partial charge in [-0.2, -0.15) is 0 Å². The summed E-state index contributed by atoms with van der Waals surface area (Å²) in [6.45, 7) is 1.63. The maximum absolute atomic E-state index is 12.1. The van der Waals surface area contributed by atoms with Crippen LogP contribution < -0.4 is 4.90 Å². The van der Waals surface area contributed by atoms with Crippen molar-refractivity contribution in [1.29, 1.82) is 0 Å². The van der Waals surface area contributed by atoms with Gasteiger partial charge < -0.3 is 5.11 Å². The van der Waals surface area contributed by atoms with Crippen molar-refractivity contribution in [2.45, 2.75) is 19.4 Å². The molecule has 2 rings (SSSR count). The number of halogens is 2. The quantitative estimate of drug-likeness (QED) is 0.339. The number of carboxylic acid groups (broad SMARTS) is 1. The Morgan fingerprint density at radius 3 is 2.29 bits per heavy atom. The second-order valence-corrected chi connectivity index (χ2v) is 7.36. The number of hydrogen-bond acceptors (Lipinski definition) is 5. The first kappa shape index (κ1) is 21.7. The summed E-state index contributed by atoms with van der Waals surface area (Å²) < 4.78 is 0.201. The van der Waals surface area contributed by atoms with Crippen molar-refractivity contribution in [2.75, 3.05) is 4.90 Å². The Kier molecular flexibility index (Phi) is 7.03. The van der Waals surface area contributed by atoms with Crippen LogP contribution >= 0.6 is 31.9 Å². The van der Waals surface area contributed by atoms with Gasteiger partial charge in [-0.25, -0.2) is 9.69 Å². The number of carbonyl (C=O) groups is 5. The molecule has 1 N–H and O–H groups in total. The molecule has 0 saturated carbocycles. The zero-order valence-corrected chi connectivity index (χ0v) is 17.6. The van der Waals surface area contributed by atoms with E-state index >= 15 is 0 Å². The second kappa shape index (κ2) is 9.07. The van der Waals surface area contributed by atoms with E-state index in [9.17, 15) is 29.1 Å². The molecule has 10 heteroatoms. The standard InChI is InChI=1S/C18H14Br2N2O6/c1-2-12(19)16(25)21(9-23)11-5-3-10(4-6-11)7-14(18(27)28)22-15(24)8-13(20)17(22)26/h2-6,8-9,14H,7H2,1H3,(H,27,28)/b12-2+/t14-/m0/s1. The van der Waals surface area contributed by atoms with Gasteiger partial charge in [-0.15, -0.1) is 0 Å². The van der Waals surface area contributed by atoms with Gasteiger partial charge in [-0.3, -0.25) is 24.1 Å². The summed E-state index contributed by atoms with van der Waals surface area (Å²) in [4.78, 5) is 60.6. The molecule has 0 spiro atoms. The lowest BCUT2D eigenvalue weighted by Gasteiger charge is -2.23. The number of carboxylic acids is 1. The number of benzene rings is 1. The third kappa shape index (κ3) is 4.45. The number of imide groups is 2. The number of amides is 4. The first-order chi connectivity index (χ1) is 13.2. The van der Waals surface area contributed by atoms with Crippen LogP contribution in [0.3, 0.4) is 0 Å². The average molecular weight is 514 g/mol. The van der Waals surface area contributed by atoms with Gasteiger partial charge in [-0.05, 0) is 56.5 Å². The lowest BCUT2D eigenvalue weighted by Crippen LogP contribution is -2.46. The van der Waals surface area contributed by atoms with Crippen LogP contribution in [-0.2, 0) is 30.4 Å². The third-order valence-corrected chi connectivity index (χ3v) is 5.30. The Balaban J connectivity index is 2.23. The summed E-state index contributed by atoms with van der Waals surface area (Å²) in [6, 6.07) is 4.59. The molecule has 1 aromatic rings. The highest BCUT2D eigenvalue weighted by atomic mass is 79.9. The van der Waals surface area contributed by atoms with E-state index in [1.54, 1.807) is 6.92 Å². The van der Waals surface area contributed by atoms with E-state index in [0.717, 1.165) is 11.0 Å². The maximum atomic E-state index is 12.1. The summed E-state index contributed by atoms with van der Waals surface area (Å²) in [7, 11) is 0. The lowest BCUT2D eigenvalue weighted by molar-refractivity contribution is -0.153. The van der Waals surface area contributed by atoms with Gasteiger partial charge in [0.2, 0.25) is 6.41 Å². The summed E-state index contributed by atoms with van der Waals surface area (Å²) in [5.74, 6) is -3.32. The number of rotatable bonds is 7. The minimum atomic E-state index is -1.39. The highest BCUT2D eigenvalue weighted by Gasteiger charge is 2.39. The van der Waals surface area contributed by atoms with Gasteiger partial charge in [0.1, 0.15) is 6.04 Å². The fourth-order valence-corrected chi connectivity index (χ4v) is 3.10. The Labute approximate surface area is 176 Å². The molecule has 1 heterocycles. The molecule has 0 saturated heterocycles. The van der Waals surface area contributed by atoms with E-state index < -0.39 is 29.7 Å². The van der Waals surface area contributed by atoms with Gasteiger partial charge in [0.05, 0.1) is 14.7 Å². The molecule has 0 fully saturated rings. The molecule has 1 aliphatic heterocycles. The normalized spacial score (nSPS) is 15.3. The van der Waals surface area contributed by atoms with Crippen LogP contribution in [0.4, 0.5) is 5.69 Å².